The quantitative estimate of drug-likeness (QED) is 0.734. The van der Waals surface area contributed by atoms with E-state index in [0.717, 1.165) is 12.0 Å². The molecule has 2 aromatic heterocycles. The molecule has 0 aromatic carbocycles. The van der Waals surface area contributed by atoms with E-state index < -0.39 is 0 Å². The summed E-state index contributed by atoms with van der Waals surface area (Å²) in [5, 5.41) is 8.59. The van der Waals surface area contributed by atoms with E-state index in [4.69, 9.17) is 0 Å². The lowest BCUT2D eigenvalue weighted by Gasteiger charge is -1.99. The van der Waals surface area contributed by atoms with Gasteiger partial charge in [-0.3, -0.25) is 9.48 Å². The minimum atomic E-state index is 0.365. The van der Waals surface area contributed by atoms with E-state index in [2.05, 4.69) is 24.0 Å². The number of hydrogen-bond donors (Lipinski definition) is 0. The number of aryl methyl sites for hydroxylation is 1. The van der Waals surface area contributed by atoms with Gasteiger partial charge in [0.2, 0.25) is 0 Å². The number of carbonyl (C=O) groups is 1. The van der Waals surface area contributed by atoms with Crippen LogP contribution in [0.4, 0.5) is 0 Å². The van der Waals surface area contributed by atoms with Crippen molar-refractivity contribution in [2.24, 2.45) is 7.05 Å². The Morgan fingerprint density at radius 1 is 1.38 bits per heavy atom. The monoisotopic (exact) mass is 218 g/mol. The molecule has 16 heavy (non-hydrogen) atoms. The average molecular weight is 218 g/mol. The van der Waals surface area contributed by atoms with Crippen LogP contribution in [0.5, 0.6) is 0 Å². The summed E-state index contributed by atoms with van der Waals surface area (Å²) in [4.78, 5) is 10.9. The highest BCUT2D eigenvalue weighted by Gasteiger charge is 2.11. The molecule has 0 radical (unpaired) electrons. The fraction of sp³-hybridized carbons (Fsp3) is 0.364. The smallest absolute Gasteiger partial charge is 0.185 e. The second-order valence-corrected chi connectivity index (χ2v) is 4.04. The first-order valence-corrected chi connectivity index (χ1v) is 5.16. The van der Waals surface area contributed by atoms with E-state index in [1.165, 1.54) is 0 Å². The van der Waals surface area contributed by atoms with Gasteiger partial charge in [0.1, 0.15) is 0 Å². The first-order chi connectivity index (χ1) is 7.61. The largest absolute Gasteiger partial charge is 0.298 e. The molecule has 0 bridgehead atoms. The van der Waals surface area contributed by atoms with Crippen molar-refractivity contribution in [3.63, 3.8) is 0 Å². The van der Waals surface area contributed by atoms with E-state index in [1.54, 1.807) is 22.6 Å². The van der Waals surface area contributed by atoms with Crippen molar-refractivity contribution >= 4 is 6.29 Å². The van der Waals surface area contributed by atoms with Crippen LogP contribution in [0.1, 0.15) is 35.8 Å². The molecule has 2 rings (SSSR count). The van der Waals surface area contributed by atoms with Crippen LogP contribution in [0.2, 0.25) is 0 Å². The predicted molar refractivity (Wildman–Crippen MR) is 59.8 cm³/mol. The van der Waals surface area contributed by atoms with E-state index >= 15 is 0 Å². The summed E-state index contributed by atoms with van der Waals surface area (Å²) in [5.74, 6) is 0.939. The van der Waals surface area contributed by atoms with Crippen LogP contribution in [0, 0.1) is 0 Å². The fourth-order valence-electron chi connectivity index (χ4n) is 1.52. The molecule has 5 nitrogen and oxygen atoms in total. The Bertz CT molecular complexity index is 510. The van der Waals surface area contributed by atoms with Gasteiger partial charge in [-0.15, -0.1) is 0 Å². The number of nitrogens with zero attached hydrogens (tertiary/aromatic N) is 4. The molecule has 0 aliphatic carbocycles. The highest BCUT2D eigenvalue weighted by atomic mass is 16.1. The zero-order chi connectivity index (χ0) is 11.7. The van der Waals surface area contributed by atoms with Crippen molar-refractivity contribution in [2.75, 3.05) is 0 Å². The minimum Gasteiger partial charge on any atom is -0.298 e. The lowest BCUT2D eigenvalue weighted by molar-refractivity contribution is 0.112. The molecule has 0 amide bonds. The molecule has 0 fully saturated rings. The summed E-state index contributed by atoms with van der Waals surface area (Å²) in [6.45, 7) is 4.15. The van der Waals surface area contributed by atoms with Gasteiger partial charge in [0, 0.05) is 19.4 Å². The topological polar surface area (TPSA) is 52.7 Å². The molecule has 0 spiro atoms. The summed E-state index contributed by atoms with van der Waals surface area (Å²) in [6, 6.07) is 1.94. The van der Waals surface area contributed by atoms with Crippen molar-refractivity contribution in [1.82, 2.24) is 19.6 Å². The molecule has 2 aromatic rings. The molecule has 2 heterocycles. The van der Waals surface area contributed by atoms with Gasteiger partial charge in [0.15, 0.2) is 12.1 Å². The second kappa shape index (κ2) is 3.92. The van der Waals surface area contributed by atoms with Crippen molar-refractivity contribution in [3.05, 3.63) is 29.7 Å². The molecular formula is C11H14N4O. The zero-order valence-corrected chi connectivity index (χ0v) is 9.58. The summed E-state index contributed by atoms with van der Waals surface area (Å²) in [6.07, 6.45) is 4.29. The molecule has 0 saturated heterocycles. The lowest BCUT2D eigenvalue weighted by Crippen LogP contribution is -2.01. The van der Waals surface area contributed by atoms with E-state index in [9.17, 15) is 4.79 Å². The summed E-state index contributed by atoms with van der Waals surface area (Å²) in [7, 11) is 1.78. The highest BCUT2D eigenvalue weighted by molar-refractivity contribution is 5.79. The Kier molecular flexibility index (Phi) is 2.60. The van der Waals surface area contributed by atoms with Crippen molar-refractivity contribution in [1.29, 1.82) is 0 Å². The molecule has 0 N–H and O–H groups in total. The SMILES string of the molecule is CC(C)c1ccn(-c2nn(C)cc2C=O)n1. The molecule has 0 aliphatic heterocycles. The summed E-state index contributed by atoms with van der Waals surface area (Å²) >= 11 is 0. The molecular weight excluding hydrogens is 204 g/mol. The first kappa shape index (κ1) is 10.6. The van der Waals surface area contributed by atoms with Crippen molar-refractivity contribution in [3.8, 4) is 5.82 Å². The third-order valence-electron chi connectivity index (χ3n) is 2.38. The number of hydrogen-bond acceptors (Lipinski definition) is 3. The fourth-order valence-corrected chi connectivity index (χ4v) is 1.52. The lowest BCUT2D eigenvalue weighted by atomic mass is 10.1. The third-order valence-corrected chi connectivity index (χ3v) is 2.38. The Balaban J connectivity index is 2.45. The van der Waals surface area contributed by atoms with E-state index in [-0.39, 0.29) is 0 Å². The average Bonchev–Trinajstić information content (AvgIpc) is 2.82. The molecule has 0 atom stereocenters. The van der Waals surface area contributed by atoms with Gasteiger partial charge in [-0.25, -0.2) is 4.68 Å². The maximum Gasteiger partial charge on any atom is 0.185 e. The van der Waals surface area contributed by atoms with E-state index in [1.807, 2.05) is 12.3 Å². The molecule has 5 heteroatoms. The number of aromatic nitrogens is 4. The number of rotatable bonds is 3. The standard InChI is InChI=1S/C11H14N4O/c1-8(2)10-4-5-15(12-10)11-9(7-16)6-14(3)13-11/h4-8H,1-3H3. The van der Waals surface area contributed by atoms with Crippen LogP contribution >= 0.6 is 0 Å². The molecule has 84 valence electrons. The second-order valence-electron chi connectivity index (χ2n) is 4.04. The molecule has 0 saturated carbocycles. The van der Waals surface area contributed by atoms with Crippen molar-refractivity contribution < 1.29 is 4.79 Å². The number of carbonyl (C=O) groups excluding carboxylic acids is 1. The van der Waals surface area contributed by atoms with E-state index in [0.29, 0.717) is 17.3 Å². The maximum atomic E-state index is 10.9. The molecule has 0 aliphatic rings. The van der Waals surface area contributed by atoms with Crippen LogP contribution in [0.3, 0.4) is 0 Å². The van der Waals surface area contributed by atoms with Gasteiger partial charge >= 0.3 is 0 Å². The van der Waals surface area contributed by atoms with Gasteiger partial charge in [-0.2, -0.15) is 10.2 Å². The predicted octanol–water partition coefficient (Wildman–Crippen LogP) is 1.54. The summed E-state index contributed by atoms with van der Waals surface area (Å²) in [5.41, 5.74) is 1.53. The van der Waals surface area contributed by atoms with Crippen molar-refractivity contribution in [2.45, 2.75) is 19.8 Å². The van der Waals surface area contributed by atoms with Gasteiger partial charge in [0.05, 0.1) is 11.3 Å². The van der Waals surface area contributed by atoms with Gasteiger partial charge in [-0.1, -0.05) is 13.8 Å². The first-order valence-electron chi connectivity index (χ1n) is 5.16. The van der Waals surface area contributed by atoms with Gasteiger partial charge in [0.25, 0.3) is 0 Å². The Hall–Kier alpha value is -1.91. The number of aldehydes is 1. The van der Waals surface area contributed by atoms with Crippen LogP contribution in [0.25, 0.3) is 5.82 Å². The third kappa shape index (κ3) is 1.76. The van der Waals surface area contributed by atoms with Crippen LogP contribution in [-0.4, -0.2) is 25.8 Å². The zero-order valence-electron chi connectivity index (χ0n) is 9.58. The Morgan fingerprint density at radius 2 is 2.12 bits per heavy atom. The van der Waals surface area contributed by atoms with Gasteiger partial charge < -0.3 is 0 Å². The minimum absolute atomic E-state index is 0.365. The summed E-state index contributed by atoms with van der Waals surface area (Å²) < 4.78 is 3.24. The maximum absolute atomic E-state index is 10.9. The van der Waals surface area contributed by atoms with Crippen LogP contribution in [0.15, 0.2) is 18.5 Å². The Morgan fingerprint density at radius 3 is 2.69 bits per heavy atom. The van der Waals surface area contributed by atoms with Crippen LogP contribution in [-0.2, 0) is 7.05 Å². The highest BCUT2D eigenvalue weighted by Crippen LogP contribution is 2.14. The van der Waals surface area contributed by atoms with Crippen LogP contribution < -0.4 is 0 Å². The Labute approximate surface area is 93.7 Å². The van der Waals surface area contributed by atoms with Gasteiger partial charge in [-0.05, 0) is 12.0 Å². The molecule has 0 unspecified atom stereocenters. The normalized spacial score (nSPS) is 11.0.